The van der Waals surface area contributed by atoms with Gasteiger partial charge in [-0.3, -0.25) is 20.2 Å². The summed E-state index contributed by atoms with van der Waals surface area (Å²) in [5.41, 5.74) is 4.14. The quantitative estimate of drug-likeness (QED) is 0.111. The van der Waals surface area contributed by atoms with Crippen molar-refractivity contribution < 1.29 is 28.8 Å². The van der Waals surface area contributed by atoms with Gasteiger partial charge in [0.05, 0.1) is 48.0 Å². The van der Waals surface area contributed by atoms with E-state index in [9.17, 15) is 20.2 Å². The maximum atomic E-state index is 11.6. The number of rotatable bonds is 8. The molecule has 0 aromatic heterocycles. The van der Waals surface area contributed by atoms with E-state index in [0.29, 0.717) is 47.2 Å². The Labute approximate surface area is 335 Å². The fraction of sp³-hybridized carbons (Fsp3) is 0.261. The highest BCUT2D eigenvalue weighted by atomic mass is 16.6. The average Bonchev–Trinajstić information content (AvgIpc) is 3.51. The summed E-state index contributed by atoms with van der Waals surface area (Å²) < 4.78 is 26.3. The third kappa shape index (κ3) is 5.13. The van der Waals surface area contributed by atoms with Gasteiger partial charge in [0.15, 0.2) is 0 Å². The Balaban J connectivity index is 1.12. The zero-order valence-corrected chi connectivity index (χ0v) is 33.0. The van der Waals surface area contributed by atoms with Crippen LogP contribution in [-0.2, 0) is 23.9 Å². The molecule has 9 rings (SSSR count). The van der Waals surface area contributed by atoms with E-state index in [4.69, 9.17) is 18.9 Å². The maximum Gasteiger partial charge on any atom is 0.270 e. The third-order valence-electron chi connectivity index (χ3n) is 12.6. The number of hydrogen-bond donors (Lipinski definition) is 0. The first-order valence-corrected chi connectivity index (χ1v) is 19.1. The lowest BCUT2D eigenvalue weighted by Crippen LogP contribution is -2.59. The first-order valence-electron chi connectivity index (χ1n) is 19.1. The molecule has 0 bridgehead atoms. The van der Waals surface area contributed by atoms with Gasteiger partial charge in [0.25, 0.3) is 11.4 Å². The molecule has 58 heavy (non-hydrogen) atoms. The Morgan fingerprint density at radius 3 is 1.36 bits per heavy atom. The van der Waals surface area contributed by atoms with Crippen molar-refractivity contribution in [3.8, 4) is 23.0 Å². The largest absolute Gasteiger partial charge is 0.496 e. The first-order chi connectivity index (χ1) is 27.7. The summed E-state index contributed by atoms with van der Waals surface area (Å²) >= 11 is 0. The lowest BCUT2D eigenvalue weighted by atomic mass is 9.76. The minimum Gasteiger partial charge on any atom is -0.496 e. The molecule has 0 N–H and O–H groups in total. The molecule has 0 fully saturated rings. The van der Waals surface area contributed by atoms with Crippen molar-refractivity contribution in [3.05, 3.63) is 163 Å². The van der Waals surface area contributed by atoms with E-state index in [1.165, 1.54) is 24.3 Å². The molecule has 2 unspecified atom stereocenters. The van der Waals surface area contributed by atoms with Crippen LogP contribution >= 0.6 is 0 Å². The predicted molar refractivity (Wildman–Crippen MR) is 222 cm³/mol. The molecule has 12 nitrogen and oxygen atoms in total. The number of para-hydroxylation sites is 2. The van der Waals surface area contributed by atoms with Gasteiger partial charge in [-0.15, -0.1) is 0 Å². The highest BCUT2D eigenvalue weighted by Gasteiger charge is 2.60. The lowest BCUT2D eigenvalue weighted by Gasteiger charge is -2.47. The van der Waals surface area contributed by atoms with Gasteiger partial charge in [0, 0.05) is 57.9 Å². The Bertz CT molecular complexity index is 2440. The maximum absolute atomic E-state index is 11.6. The zero-order valence-electron chi connectivity index (χ0n) is 33.0. The number of non-ortho nitro benzene ring substituents is 2. The number of fused-ring (bicyclic) bond motifs is 4. The monoisotopic (exact) mass is 778 g/mol. The number of hydrogen-bond acceptors (Lipinski definition) is 10. The molecule has 0 saturated carbocycles. The number of nitro benzene ring substituents is 2. The van der Waals surface area contributed by atoms with Crippen LogP contribution in [0.3, 0.4) is 0 Å². The number of benzene rings is 5. The van der Waals surface area contributed by atoms with Crippen molar-refractivity contribution >= 4 is 34.9 Å². The van der Waals surface area contributed by atoms with Crippen molar-refractivity contribution in [1.29, 1.82) is 0 Å². The number of methoxy groups -OCH3 is 2. The van der Waals surface area contributed by atoms with E-state index >= 15 is 0 Å². The summed E-state index contributed by atoms with van der Waals surface area (Å²) in [6.45, 7) is 9.37. The molecular weight excluding hydrogens is 737 g/mol. The van der Waals surface area contributed by atoms with Crippen LogP contribution in [0.2, 0.25) is 0 Å². The van der Waals surface area contributed by atoms with Gasteiger partial charge >= 0.3 is 0 Å². The van der Waals surface area contributed by atoms with Crippen LogP contribution in [0.25, 0.3) is 12.2 Å². The predicted octanol–water partition coefficient (Wildman–Crippen LogP) is 9.72. The summed E-state index contributed by atoms with van der Waals surface area (Å²) in [4.78, 5) is 26.8. The van der Waals surface area contributed by atoms with Gasteiger partial charge in [-0.2, -0.15) is 0 Å². The van der Waals surface area contributed by atoms with Crippen molar-refractivity contribution in [1.82, 2.24) is 0 Å². The summed E-state index contributed by atoms with van der Waals surface area (Å²) in [5, 5.41) is 23.2. The van der Waals surface area contributed by atoms with Crippen LogP contribution < -0.4 is 28.7 Å². The summed E-state index contributed by atoms with van der Waals surface area (Å²) in [5.74, 6) is 2.42. The normalized spacial score (nSPS) is 21.1. The third-order valence-corrected chi connectivity index (χ3v) is 12.6. The molecule has 5 aromatic rings. The van der Waals surface area contributed by atoms with E-state index in [1.54, 1.807) is 26.4 Å². The number of anilines is 2. The molecule has 2 atom stereocenters. The van der Waals surface area contributed by atoms with Crippen LogP contribution in [0.4, 0.5) is 22.7 Å². The van der Waals surface area contributed by atoms with Crippen molar-refractivity contribution in [2.75, 3.05) is 24.0 Å². The fourth-order valence-electron chi connectivity index (χ4n) is 9.43. The van der Waals surface area contributed by atoms with E-state index < -0.39 is 32.1 Å². The van der Waals surface area contributed by atoms with E-state index in [1.807, 2.05) is 60.7 Å². The summed E-state index contributed by atoms with van der Waals surface area (Å²) in [6.07, 6.45) is 7.86. The van der Waals surface area contributed by atoms with Crippen LogP contribution in [0.5, 0.6) is 23.0 Å². The second-order valence-electron chi connectivity index (χ2n) is 16.2. The van der Waals surface area contributed by atoms with Gasteiger partial charge in [0.2, 0.25) is 11.4 Å². The lowest BCUT2D eigenvalue weighted by molar-refractivity contribution is -0.385. The molecule has 0 amide bonds. The number of nitro groups is 2. The van der Waals surface area contributed by atoms with E-state index in [-0.39, 0.29) is 11.4 Å². The molecule has 294 valence electrons. The van der Waals surface area contributed by atoms with E-state index in [2.05, 4.69) is 61.8 Å². The first kappa shape index (κ1) is 36.8. The molecule has 5 aromatic carbocycles. The van der Waals surface area contributed by atoms with Crippen LogP contribution in [0.1, 0.15) is 61.1 Å². The molecule has 4 heterocycles. The summed E-state index contributed by atoms with van der Waals surface area (Å²) in [7, 11) is 3.32. The van der Waals surface area contributed by atoms with E-state index in [0.717, 1.165) is 33.6 Å². The minimum atomic E-state index is -0.991. The second-order valence-corrected chi connectivity index (χ2v) is 16.2. The molecule has 12 heteroatoms. The Morgan fingerprint density at radius 1 is 0.586 bits per heavy atom. The van der Waals surface area contributed by atoms with Crippen LogP contribution in [-0.4, -0.2) is 35.5 Å². The van der Waals surface area contributed by atoms with Crippen molar-refractivity contribution in [2.45, 2.75) is 63.1 Å². The van der Waals surface area contributed by atoms with Gasteiger partial charge < -0.3 is 28.7 Å². The zero-order chi connectivity index (χ0) is 40.8. The van der Waals surface area contributed by atoms with Gasteiger partial charge in [-0.05, 0) is 99.5 Å². The molecule has 4 aliphatic rings. The number of ether oxygens (including phenoxy) is 4. The Morgan fingerprint density at radius 2 is 0.983 bits per heavy atom. The molecular formula is C46H42N4O8. The average molecular weight is 779 g/mol. The smallest absolute Gasteiger partial charge is 0.270 e. The Kier molecular flexibility index (Phi) is 8.15. The minimum absolute atomic E-state index is 0.000215. The highest BCUT2D eigenvalue weighted by Crippen LogP contribution is 2.58. The van der Waals surface area contributed by atoms with Gasteiger partial charge in [-0.25, -0.2) is 0 Å². The molecule has 0 saturated heterocycles. The second kappa shape index (κ2) is 12.9. The standard InChI is InChI=1S/C46H42N4O8/c1-43(2)35-11-7-9-13-37(35)47(45(43)21-19-29-23-33(49(51)52)15-17-39(29)57-45)27-31-25-42(56-6)32(26-41(31)55-5)28-48-38-14-10-8-12-36(38)44(3,4)46(48)22-20-30-24-34(50(53)54)16-18-40(30)58-46/h7-26H,27-28H2,1-6H3. The van der Waals surface area contributed by atoms with Crippen molar-refractivity contribution in [3.63, 3.8) is 0 Å². The molecule has 0 aliphatic carbocycles. The van der Waals surface area contributed by atoms with Crippen LogP contribution in [0, 0.1) is 20.2 Å². The molecule has 4 aliphatic heterocycles. The van der Waals surface area contributed by atoms with Gasteiger partial charge in [-0.1, -0.05) is 36.4 Å². The van der Waals surface area contributed by atoms with Crippen LogP contribution in [0.15, 0.2) is 109 Å². The number of nitrogens with zero attached hydrogens (tertiary/aromatic N) is 4. The summed E-state index contributed by atoms with van der Waals surface area (Å²) in [6, 6.07) is 29.9. The topological polar surface area (TPSA) is 130 Å². The highest BCUT2D eigenvalue weighted by molar-refractivity contribution is 5.75. The molecule has 2 spiro atoms. The van der Waals surface area contributed by atoms with Gasteiger partial charge in [0.1, 0.15) is 23.0 Å². The fourth-order valence-corrected chi connectivity index (χ4v) is 9.43. The van der Waals surface area contributed by atoms with Crippen molar-refractivity contribution in [2.24, 2.45) is 0 Å². The SMILES string of the molecule is COc1cc(CN2c3ccccc3C(C)(C)C23C=Cc2cc([N+](=O)[O-])ccc2O3)c(OC)cc1CN1c2ccccc2C(C)(C)C12C=Cc1cc([N+](=O)[O-])ccc1O2. The Hall–Kier alpha value is -6.82. The molecule has 0 radical (unpaired) electrons.